The van der Waals surface area contributed by atoms with Crippen molar-refractivity contribution >= 4 is 16.5 Å². The predicted molar refractivity (Wildman–Crippen MR) is 78.8 cm³/mol. The highest BCUT2D eigenvalue weighted by atomic mass is 16.6. The second kappa shape index (κ2) is 5.13. The summed E-state index contributed by atoms with van der Waals surface area (Å²) in [7, 11) is 0. The minimum absolute atomic E-state index is 0.0451. The summed E-state index contributed by atoms with van der Waals surface area (Å²) < 4.78 is 5.75. The number of aromatic hydroxyl groups is 1. The van der Waals surface area contributed by atoms with Crippen molar-refractivity contribution in [2.75, 3.05) is 0 Å². The smallest absolute Gasteiger partial charge is 0.277 e. The SMILES string of the molecule is O=[N+]([O-])c1ccc(Oc2ccc(O)cc2)c2ccccc12. The Balaban J connectivity index is 2.09. The van der Waals surface area contributed by atoms with Crippen LogP contribution < -0.4 is 4.74 Å². The highest BCUT2D eigenvalue weighted by molar-refractivity contribution is 5.95. The van der Waals surface area contributed by atoms with E-state index in [2.05, 4.69) is 0 Å². The molecular formula is C16H11NO4. The number of rotatable bonds is 3. The van der Waals surface area contributed by atoms with Gasteiger partial charge in [-0.25, -0.2) is 0 Å². The Morgan fingerprint density at radius 2 is 1.57 bits per heavy atom. The Bertz CT molecular complexity index is 812. The Morgan fingerprint density at radius 3 is 2.24 bits per heavy atom. The molecule has 0 amide bonds. The van der Waals surface area contributed by atoms with Gasteiger partial charge in [0.25, 0.3) is 5.69 Å². The average molecular weight is 281 g/mol. The Kier molecular flexibility index (Phi) is 3.16. The summed E-state index contributed by atoms with van der Waals surface area (Å²) in [6, 6.07) is 16.3. The van der Waals surface area contributed by atoms with Gasteiger partial charge in [0, 0.05) is 11.5 Å². The fourth-order valence-electron chi connectivity index (χ4n) is 2.14. The van der Waals surface area contributed by atoms with Crippen LogP contribution in [0.3, 0.4) is 0 Å². The molecular weight excluding hydrogens is 270 g/mol. The molecule has 0 saturated carbocycles. The molecule has 0 aliphatic carbocycles. The van der Waals surface area contributed by atoms with E-state index in [-0.39, 0.29) is 11.4 Å². The molecule has 0 atom stereocenters. The monoisotopic (exact) mass is 281 g/mol. The molecule has 3 rings (SSSR count). The van der Waals surface area contributed by atoms with E-state index in [4.69, 9.17) is 4.74 Å². The third-order valence-corrected chi connectivity index (χ3v) is 3.12. The Labute approximate surface area is 120 Å². The van der Waals surface area contributed by atoms with Gasteiger partial charge in [-0.1, -0.05) is 18.2 Å². The third-order valence-electron chi connectivity index (χ3n) is 3.12. The number of nitrogens with zero attached hydrogens (tertiary/aromatic N) is 1. The second-order valence-electron chi connectivity index (χ2n) is 4.48. The van der Waals surface area contributed by atoms with Crippen LogP contribution in [-0.4, -0.2) is 10.0 Å². The van der Waals surface area contributed by atoms with Gasteiger partial charge in [0.2, 0.25) is 0 Å². The average Bonchev–Trinajstić information content (AvgIpc) is 2.49. The van der Waals surface area contributed by atoms with Gasteiger partial charge in [0.1, 0.15) is 17.2 Å². The lowest BCUT2D eigenvalue weighted by Gasteiger charge is -2.09. The zero-order chi connectivity index (χ0) is 14.8. The van der Waals surface area contributed by atoms with Gasteiger partial charge in [0.05, 0.1) is 10.3 Å². The molecule has 0 aliphatic rings. The third kappa shape index (κ3) is 2.49. The maximum atomic E-state index is 11.1. The highest BCUT2D eigenvalue weighted by Gasteiger charge is 2.14. The van der Waals surface area contributed by atoms with Gasteiger partial charge >= 0.3 is 0 Å². The van der Waals surface area contributed by atoms with E-state index in [0.717, 1.165) is 0 Å². The molecule has 0 bridgehead atoms. The topological polar surface area (TPSA) is 72.6 Å². The van der Waals surface area contributed by atoms with Crippen LogP contribution in [0.15, 0.2) is 60.7 Å². The number of hydrogen-bond acceptors (Lipinski definition) is 4. The maximum Gasteiger partial charge on any atom is 0.277 e. The van der Waals surface area contributed by atoms with Gasteiger partial charge in [-0.2, -0.15) is 0 Å². The molecule has 3 aromatic carbocycles. The van der Waals surface area contributed by atoms with Crippen molar-refractivity contribution in [3.63, 3.8) is 0 Å². The van der Waals surface area contributed by atoms with Crippen molar-refractivity contribution in [2.45, 2.75) is 0 Å². The summed E-state index contributed by atoms with van der Waals surface area (Å²) in [6.07, 6.45) is 0. The second-order valence-corrected chi connectivity index (χ2v) is 4.48. The molecule has 1 N–H and O–H groups in total. The lowest BCUT2D eigenvalue weighted by molar-refractivity contribution is -0.383. The molecule has 0 aromatic heterocycles. The van der Waals surface area contributed by atoms with Crippen LogP contribution in [-0.2, 0) is 0 Å². The first kappa shape index (κ1) is 12.9. The van der Waals surface area contributed by atoms with Crippen molar-refractivity contribution in [2.24, 2.45) is 0 Å². The van der Waals surface area contributed by atoms with E-state index in [0.29, 0.717) is 22.3 Å². The highest BCUT2D eigenvalue weighted by Crippen LogP contribution is 2.35. The number of ether oxygens (including phenoxy) is 1. The van der Waals surface area contributed by atoms with E-state index in [1.54, 1.807) is 42.5 Å². The minimum atomic E-state index is -0.410. The molecule has 0 heterocycles. The lowest BCUT2D eigenvalue weighted by Crippen LogP contribution is -1.92. The molecule has 0 saturated heterocycles. The van der Waals surface area contributed by atoms with E-state index in [1.165, 1.54) is 18.2 Å². The van der Waals surface area contributed by atoms with Crippen LogP contribution in [0, 0.1) is 10.1 Å². The van der Waals surface area contributed by atoms with Crippen LogP contribution in [0.1, 0.15) is 0 Å². The van der Waals surface area contributed by atoms with Gasteiger partial charge in [-0.05, 0) is 36.4 Å². The van der Waals surface area contributed by atoms with Gasteiger partial charge in [0.15, 0.2) is 0 Å². The van der Waals surface area contributed by atoms with E-state index in [1.807, 2.05) is 0 Å². The van der Waals surface area contributed by atoms with Crippen molar-refractivity contribution < 1.29 is 14.8 Å². The predicted octanol–water partition coefficient (Wildman–Crippen LogP) is 4.25. The van der Waals surface area contributed by atoms with Crippen LogP contribution in [0.5, 0.6) is 17.2 Å². The first-order chi connectivity index (χ1) is 10.1. The number of phenols is 1. The summed E-state index contributed by atoms with van der Waals surface area (Å²) in [5.41, 5.74) is 0.0451. The quantitative estimate of drug-likeness (QED) is 0.575. The number of phenolic OH excluding ortho intramolecular Hbond substituents is 1. The molecule has 0 fully saturated rings. The fourth-order valence-corrected chi connectivity index (χ4v) is 2.14. The molecule has 0 radical (unpaired) electrons. The molecule has 21 heavy (non-hydrogen) atoms. The maximum absolute atomic E-state index is 11.1. The van der Waals surface area contributed by atoms with Crippen molar-refractivity contribution in [3.05, 3.63) is 70.8 Å². The van der Waals surface area contributed by atoms with E-state index < -0.39 is 4.92 Å². The van der Waals surface area contributed by atoms with E-state index >= 15 is 0 Å². The molecule has 0 unspecified atom stereocenters. The van der Waals surface area contributed by atoms with Crippen molar-refractivity contribution in [3.8, 4) is 17.2 Å². The standard InChI is InChI=1S/C16H11NO4/c18-11-5-7-12(8-6-11)21-16-10-9-15(17(19)20)13-3-1-2-4-14(13)16/h1-10,18H. The fraction of sp³-hybridized carbons (Fsp3) is 0. The first-order valence-electron chi connectivity index (χ1n) is 6.28. The molecule has 0 spiro atoms. The number of hydrogen-bond donors (Lipinski definition) is 1. The summed E-state index contributed by atoms with van der Waals surface area (Å²) >= 11 is 0. The van der Waals surface area contributed by atoms with Crippen molar-refractivity contribution in [1.29, 1.82) is 0 Å². The van der Waals surface area contributed by atoms with Crippen LogP contribution in [0.25, 0.3) is 10.8 Å². The molecule has 104 valence electrons. The largest absolute Gasteiger partial charge is 0.508 e. The summed E-state index contributed by atoms with van der Waals surface area (Å²) in [5.74, 6) is 1.23. The summed E-state index contributed by atoms with van der Waals surface area (Å²) in [5, 5.41) is 21.5. The lowest BCUT2D eigenvalue weighted by atomic mass is 10.1. The molecule has 5 heteroatoms. The number of benzene rings is 3. The van der Waals surface area contributed by atoms with Crippen LogP contribution in [0.4, 0.5) is 5.69 Å². The number of nitro benzene ring substituents is 1. The number of non-ortho nitro benzene ring substituents is 1. The zero-order valence-corrected chi connectivity index (χ0v) is 10.9. The van der Waals surface area contributed by atoms with Crippen LogP contribution >= 0.6 is 0 Å². The van der Waals surface area contributed by atoms with Gasteiger partial charge < -0.3 is 9.84 Å². The van der Waals surface area contributed by atoms with Crippen molar-refractivity contribution in [1.82, 2.24) is 0 Å². The van der Waals surface area contributed by atoms with Gasteiger partial charge in [-0.3, -0.25) is 10.1 Å². The number of nitro groups is 1. The zero-order valence-electron chi connectivity index (χ0n) is 10.9. The van der Waals surface area contributed by atoms with Crippen LogP contribution in [0.2, 0.25) is 0 Å². The molecule has 5 nitrogen and oxygen atoms in total. The summed E-state index contributed by atoms with van der Waals surface area (Å²) in [6.45, 7) is 0. The minimum Gasteiger partial charge on any atom is -0.508 e. The Morgan fingerprint density at radius 1 is 0.905 bits per heavy atom. The normalized spacial score (nSPS) is 10.5. The molecule has 0 aliphatic heterocycles. The first-order valence-corrected chi connectivity index (χ1v) is 6.28. The van der Waals surface area contributed by atoms with Gasteiger partial charge in [-0.15, -0.1) is 0 Å². The Hall–Kier alpha value is -3.08. The molecule has 3 aromatic rings. The van der Waals surface area contributed by atoms with E-state index in [9.17, 15) is 15.2 Å². The number of fused-ring (bicyclic) bond motifs is 1. The summed E-state index contributed by atoms with van der Waals surface area (Å²) in [4.78, 5) is 10.6.